The topological polar surface area (TPSA) is 70.2 Å². The predicted molar refractivity (Wildman–Crippen MR) is 102 cm³/mol. The molecule has 2 aliphatic rings. The molecule has 0 amide bonds. The van der Waals surface area contributed by atoms with Crippen molar-refractivity contribution >= 4 is 5.82 Å². The van der Waals surface area contributed by atoms with E-state index >= 15 is 0 Å². The molecule has 6 nitrogen and oxygen atoms in total. The Morgan fingerprint density at radius 3 is 3.15 bits per heavy atom. The quantitative estimate of drug-likeness (QED) is 0.881. The van der Waals surface area contributed by atoms with Crippen molar-refractivity contribution in [1.29, 1.82) is 0 Å². The van der Waals surface area contributed by atoms with Crippen molar-refractivity contribution in [2.45, 2.75) is 51.3 Å². The highest BCUT2D eigenvalue weighted by Gasteiger charge is 2.31. The van der Waals surface area contributed by atoms with E-state index in [-0.39, 0.29) is 11.2 Å². The third kappa shape index (κ3) is 3.46. The highest BCUT2D eigenvalue weighted by molar-refractivity contribution is 5.45. The zero-order valence-electron chi connectivity index (χ0n) is 15.4. The lowest BCUT2D eigenvalue weighted by atomic mass is 10.00. The molecule has 0 unspecified atom stereocenters. The molecule has 3 heterocycles. The van der Waals surface area contributed by atoms with E-state index in [1.54, 1.807) is 12.4 Å². The van der Waals surface area contributed by atoms with Gasteiger partial charge in [-0.15, -0.1) is 0 Å². The van der Waals surface area contributed by atoms with E-state index in [0.717, 1.165) is 44.6 Å². The lowest BCUT2D eigenvalue weighted by molar-refractivity contribution is 0.137. The minimum atomic E-state index is -0.125. The van der Waals surface area contributed by atoms with Gasteiger partial charge in [0.15, 0.2) is 5.82 Å². The summed E-state index contributed by atoms with van der Waals surface area (Å²) in [5.74, 6) is 1.56. The molecule has 2 aliphatic heterocycles. The number of para-hydroxylation sites is 1. The molecule has 1 aromatic heterocycles. The highest BCUT2D eigenvalue weighted by atomic mass is 16.5. The van der Waals surface area contributed by atoms with E-state index in [2.05, 4.69) is 52.2 Å². The second-order valence-corrected chi connectivity index (χ2v) is 7.85. The van der Waals surface area contributed by atoms with Gasteiger partial charge in [-0.3, -0.25) is 4.79 Å². The minimum Gasteiger partial charge on any atom is -0.487 e. The molecule has 0 spiro atoms. The first kappa shape index (κ1) is 17.1. The van der Waals surface area contributed by atoms with Crippen LogP contribution in [0, 0.1) is 0 Å². The summed E-state index contributed by atoms with van der Waals surface area (Å²) in [6.45, 7) is 6.70. The van der Waals surface area contributed by atoms with Crippen molar-refractivity contribution in [2.24, 2.45) is 0 Å². The second-order valence-electron chi connectivity index (χ2n) is 7.85. The summed E-state index contributed by atoms with van der Waals surface area (Å²) in [6.07, 6.45) is 6.31. The molecule has 0 saturated carbocycles. The van der Waals surface area contributed by atoms with Crippen LogP contribution in [0.3, 0.4) is 0 Å². The number of hydrogen-bond donors (Lipinski definition) is 2. The zero-order valence-corrected chi connectivity index (χ0v) is 15.4. The largest absolute Gasteiger partial charge is 0.487 e. The van der Waals surface area contributed by atoms with Gasteiger partial charge in [-0.1, -0.05) is 18.2 Å². The zero-order chi connectivity index (χ0) is 18.1. The molecule has 1 aromatic carbocycles. The van der Waals surface area contributed by atoms with Gasteiger partial charge >= 0.3 is 0 Å². The minimum absolute atomic E-state index is 0.121. The molecule has 0 radical (unpaired) electrons. The van der Waals surface area contributed by atoms with Crippen molar-refractivity contribution < 1.29 is 4.74 Å². The van der Waals surface area contributed by atoms with Gasteiger partial charge < -0.3 is 19.9 Å². The number of aromatic nitrogens is 2. The van der Waals surface area contributed by atoms with E-state index in [4.69, 9.17) is 4.74 Å². The Bertz CT molecular complexity index is 846. The fraction of sp³-hybridized carbons (Fsp3) is 0.500. The van der Waals surface area contributed by atoms with Gasteiger partial charge in [-0.25, -0.2) is 4.98 Å². The Balaban J connectivity index is 1.43. The van der Waals surface area contributed by atoms with Gasteiger partial charge in [0.1, 0.15) is 11.4 Å². The first-order valence-corrected chi connectivity index (χ1v) is 9.34. The van der Waals surface area contributed by atoms with Gasteiger partial charge in [0.2, 0.25) is 0 Å². The molecule has 4 rings (SSSR count). The molecule has 1 fully saturated rings. The van der Waals surface area contributed by atoms with Crippen LogP contribution in [0.15, 0.2) is 35.4 Å². The number of aromatic amines is 1. The Labute approximate surface area is 153 Å². The van der Waals surface area contributed by atoms with Gasteiger partial charge in [0.05, 0.1) is 0 Å². The van der Waals surface area contributed by atoms with Crippen molar-refractivity contribution in [3.63, 3.8) is 0 Å². The Morgan fingerprint density at radius 2 is 2.31 bits per heavy atom. The van der Waals surface area contributed by atoms with Gasteiger partial charge in [0, 0.05) is 50.1 Å². The maximum absolute atomic E-state index is 12.0. The molecule has 0 aliphatic carbocycles. The van der Waals surface area contributed by atoms with Gasteiger partial charge in [-0.2, -0.15) is 0 Å². The SMILES string of the molecule is CC1(C)Cc2cccc(CN[C@@H]3CCCN(c4ncc[nH]c4=O)C3)c2O1. The summed E-state index contributed by atoms with van der Waals surface area (Å²) < 4.78 is 6.17. The lowest BCUT2D eigenvalue weighted by Gasteiger charge is -2.33. The van der Waals surface area contributed by atoms with Gasteiger partial charge in [0.25, 0.3) is 5.56 Å². The number of nitrogens with zero attached hydrogens (tertiary/aromatic N) is 2. The standard InChI is InChI=1S/C20H26N4O2/c1-20(2)11-14-5-3-6-15(17(14)26-20)12-23-16-7-4-10-24(13-16)18-19(25)22-9-8-21-18/h3,5-6,8-9,16,23H,4,7,10-13H2,1-2H3,(H,22,25)/t16-/m1/s1. The first-order valence-electron chi connectivity index (χ1n) is 9.34. The molecule has 0 bridgehead atoms. The summed E-state index contributed by atoms with van der Waals surface area (Å²) in [7, 11) is 0. The average molecular weight is 354 g/mol. The predicted octanol–water partition coefficient (Wildman–Crippen LogP) is 2.24. The van der Waals surface area contributed by atoms with Crippen LogP contribution in [-0.2, 0) is 13.0 Å². The number of anilines is 1. The number of piperidine rings is 1. The summed E-state index contributed by atoms with van der Waals surface area (Å²) in [5.41, 5.74) is 2.25. The van der Waals surface area contributed by atoms with Crippen LogP contribution in [0.2, 0.25) is 0 Å². The first-order chi connectivity index (χ1) is 12.5. The molecule has 2 aromatic rings. The smallest absolute Gasteiger partial charge is 0.290 e. The number of hydrogen-bond acceptors (Lipinski definition) is 5. The fourth-order valence-corrected chi connectivity index (χ4v) is 3.98. The Hall–Kier alpha value is -2.34. The molecule has 1 atom stereocenters. The lowest BCUT2D eigenvalue weighted by Crippen LogP contribution is -2.47. The monoisotopic (exact) mass is 354 g/mol. The number of H-pyrrole nitrogens is 1. The van der Waals surface area contributed by atoms with Crippen LogP contribution in [0.4, 0.5) is 5.82 Å². The maximum atomic E-state index is 12.0. The normalized spacial score (nSPS) is 21.3. The van der Waals surface area contributed by atoms with Crippen molar-refractivity contribution in [3.8, 4) is 5.75 Å². The summed E-state index contributed by atoms with van der Waals surface area (Å²) in [4.78, 5) is 21.0. The Morgan fingerprint density at radius 1 is 1.42 bits per heavy atom. The number of benzene rings is 1. The third-order valence-corrected chi connectivity index (χ3v) is 5.16. The van der Waals surface area contributed by atoms with E-state index in [0.29, 0.717) is 11.9 Å². The molecule has 2 N–H and O–H groups in total. The summed E-state index contributed by atoms with van der Waals surface area (Å²) >= 11 is 0. The molecule has 1 saturated heterocycles. The van der Waals surface area contributed by atoms with Crippen molar-refractivity contribution in [2.75, 3.05) is 18.0 Å². The molecule has 6 heteroatoms. The molecular formula is C20H26N4O2. The number of rotatable bonds is 4. The summed E-state index contributed by atoms with van der Waals surface area (Å²) in [6, 6.07) is 6.73. The van der Waals surface area contributed by atoms with Crippen LogP contribution in [0.1, 0.15) is 37.8 Å². The number of ether oxygens (including phenoxy) is 1. The van der Waals surface area contributed by atoms with E-state index in [9.17, 15) is 4.79 Å². The van der Waals surface area contributed by atoms with Crippen molar-refractivity contribution in [3.05, 3.63) is 52.1 Å². The van der Waals surface area contributed by atoms with E-state index < -0.39 is 0 Å². The van der Waals surface area contributed by atoms with Crippen molar-refractivity contribution in [1.82, 2.24) is 15.3 Å². The van der Waals surface area contributed by atoms with E-state index in [1.807, 2.05) is 0 Å². The third-order valence-electron chi connectivity index (χ3n) is 5.16. The maximum Gasteiger partial charge on any atom is 0.290 e. The fourth-order valence-electron chi connectivity index (χ4n) is 3.98. The van der Waals surface area contributed by atoms with Crippen LogP contribution in [0.5, 0.6) is 5.75 Å². The number of fused-ring (bicyclic) bond motifs is 1. The van der Waals surface area contributed by atoms with Crippen LogP contribution < -0.4 is 20.5 Å². The van der Waals surface area contributed by atoms with Crippen LogP contribution in [0.25, 0.3) is 0 Å². The van der Waals surface area contributed by atoms with E-state index in [1.165, 1.54) is 11.1 Å². The van der Waals surface area contributed by atoms with Crippen LogP contribution >= 0.6 is 0 Å². The highest BCUT2D eigenvalue weighted by Crippen LogP contribution is 2.37. The second kappa shape index (κ2) is 6.76. The number of nitrogens with one attached hydrogen (secondary N) is 2. The molecule has 26 heavy (non-hydrogen) atoms. The molecular weight excluding hydrogens is 328 g/mol. The average Bonchev–Trinajstić information content (AvgIpc) is 2.95. The Kier molecular flexibility index (Phi) is 4.44. The summed E-state index contributed by atoms with van der Waals surface area (Å²) in [5, 5.41) is 3.65. The van der Waals surface area contributed by atoms with Gasteiger partial charge in [-0.05, 0) is 32.3 Å². The van der Waals surface area contributed by atoms with Crippen LogP contribution in [-0.4, -0.2) is 34.7 Å². The molecule has 138 valence electrons.